The van der Waals surface area contributed by atoms with Crippen LogP contribution in [0, 0.1) is 12.3 Å². The molecule has 2 aromatic rings. The molecule has 1 atom stereocenters. The van der Waals surface area contributed by atoms with Crippen LogP contribution in [-0.4, -0.2) is 36.3 Å². The summed E-state index contributed by atoms with van der Waals surface area (Å²) in [6, 6.07) is 15.5. The van der Waals surface area contributed by atoms with Crippen molar-refractivity contribution in [3.05, 3.63) is 65.7 Å². The zero-order valence-corrected chi connectivity index (χ0v) is 15.4. The highest BCUT2D eigenvalue weighted by atomic mass is 32.2. The number of aliphatic hydroxyl groups excluding tert-OH is 1. The minimum absolute atomic E-state index is 0.172. The number of aryl methyl sites for hydroxylation is 1. The van der Waals surface area contributed by atoms with Crippen LogP contribution >= 0.6 is 0 Å². The minimum Gasteiger partial charge on any atom is -0.394 e. The molecule has 1 aliphatic rings. The maximum Gasteiger partial charge on any atom is 0.279 e. The lowest BCUT2D eigenvalue weighted by molar-refractivity contribution is 0.150. The first kappa shape index (κ1) is 17.6. The van der Waals surface area contributed by atoms with Crippen molar-refractivity contribution in [3.63, 3.8) is 0 Å². The smallest absolute Gasteiger partial charge is 0.279 e. The third-order valence-electron chi connectivity index (χ3n) is 4.69. The summed E-state index contributed by atoms with van der Waals surface area (Å²) >= 11 is 0. The maximum atomic E-state index is 13.1. The van der Waals surface area contributed by atoms with Crippen LogP contribution in [0.4, 0.5) is 0 Å². The molecule has 2 aromatic carbocycles. The molecule has 0 saturated heterocycles. The van der Waals surface area contributed by atoms with Crippen LogP contribution in [0.3, 0.4) is 0 Å². The molecule has 5 nitrogen and oxygen atoms in total. The molecule has 1 aliphatic heterocycles. The van der Waals surface area contributed by atoms with Gasteiger partial charge < -0.3 is 5.11 Å². The second kappa shape index (κ2) is 6.28. The van der Waals surface area contributed by atoms with Crippen molar-refractivity contribution >= 4 is 15.7 Å². The van der Waals surface area contributed by atoms with Gasteiger partial charge >= 0.3 is 0 Å². The number of benzene rings is 2. The van der Waals surface area contributed by atoms with Gasteiger partial charge in [0.25, 0.3) is 10.0 Å². The van der Waals surface area contributed by atoms with Crippen molar-refractivity contribution < 1.29 is 13.5 Å². The molecule has 0 aliphatic carbocycles. The number of nitrogens with zero attached hydrogens (tertiary/aromatic N) is 2. The van der Waals surface area contributed by atoms with E-state index in [9.17, 15) is 13.5 Å². The molecule has 0 spiro atoms. The van der Waals surface area contributed by atoms with E-state index in [1.165, 1.54) is 0 Å². The molecule has 3 rings (SSSR count). The summed E-state index contributed by atoms with van der Waals surface area (Å²) < 4.78 is 27.2. The lowest BCUT2D eigenvalue weighted by atomic mass is 9.78. The summed E-state index contributed by atoms with van der Waals surface area (Å²) in [4.78, 5) is 0.172. The van der Waals surface area contributed by atoms with Crippen molar-refractivity contribution in [1.82, 2.24) is 4.41 Å². The molecular weight excluding hydrogens is 336 g/mol. The van der Waals surface area contributed by atoms with Crippen LogP contribution in [0.15, 0.2) is 64.6 Å². The average Bonchev–Trinajstić information content (AvgIpc) is 2.87. The van der Waals surface area contributed by atoms with Gasteiger partial charge in [0.1, 0.15) is 0 Å². The van der Waals surface area contributed by atoms with E-state index in [0.717, 1.165) is 15.5 Å². The third-order valence-corrected chi connectivity index (χ3v) is 6.39. The molecule has 1 heterocycles. The van der Waals surface area contributed by atoms with Crippen LogP contribution < -0.4 is 0 Å². The average molecular weight is 358 g/mol. The molecule has 1 N–H and O–H groups in total. The van der Waals surface area contributed by atoms with Crippen molar-refractivity contribution in [2.45, 2.75) is 31.7 Å². The van der Waals surface area contributed by atoms with E-state index in [1.807, 2.05) is 51.1 Å². The molecule has 0 radical (unpaired) electrons. The molecule has 0 bridgehead atoms. The first-order valence-corrected chi connectivity index (χ1v) is 9.59. The normalized spacial score (nSPS) is 19.8. The van der Waals surface area contributed by atoms with Crippen molar-refractivity contribution in [1.29, 1.82) is 0 Å². The van der Waals surface area contributed by atoms with Gasteiger partial charge in [0.15, 0.2) is 0 Å². The largest absolute Gasteiger partial charge is 0.394 e. The molecule has 25 heavy (non-hydrogen) atoms. The third kappa shape index (κ3) is 2.96. The van der Waals surface area contributed by atoms with E-state index >= 15 is 0 Å². The molecular formula is C19H22N2O3S. The number of hydrogen-bond donors (Lipinski definition) is 1. The number of hydrazone groups is 1. The SMILES string of the molecule is Cc1ccc(S(=O)(=O)N2N=C(c3ccccc3)C(C)(C)C2CO)cc1. The molecule has 0 fully saturated rings. The number of sulfonamides is 1. The van der Waals surface area contributed by atoms with Gasteiger partial charge in [-0.25, -0.2) is 0 Å². The monoisotopic (exact) mass is 358 g/mol. The van der Waals surface area contributed by atoms with E-state index in [-0.39, 0.29) is 11.5 Å². The molecule has 0 saturated carbocycles. The first-order chi connectivity index (χ1) is 11.8. The Morgan fingerprint density at radius 2 is 1.68 bits per heavy atom. The van der Waals surface area contributed by atoms with Gasteiger partial charge in [-0.1, -0.05) is 61.9 Å². The zero-order valence-electron chi connectivity index (χ0n) is 14.5. The van der Waals surface area contributed by atoms with E-state index < -0.39 is 21.5 Å². The zero-order chi connectivity index (χ0) is 18.2. The Kier molecular flexibility index (Phi) is 4.43. The van der Waals surface area contributed by atoms with Crippen LogP contribution in [0.2, 0.25) is 0 Å². The number of hydrogen-bond acceptors (Lipinski definition) is 4. The van der Waals surface area contributed by atoms with Crippen LogP contribution in [0.1, 0.15) is 25.0 Å². The van der Waals surface area contributed by atoms with Gasteiger partial charge in [0.05, 0.1) is 23.3 Å². The van der Waals surface area contributed by atoms with Gasteiger partial charge in [0, 0.05) is 5.41 Å². The Bertz CT molecular complexity index is 888. The Balaban J connectivity index is 2.11. The second-order valence-electron chi connectivity index (χ2n) is 6.83. The van der Waals surface area contributed by atoms with Gasteiger partial charge in [-0.15, -0.1) is 0 Å². The topological polar surface area (TPSA) is 70.0 Å². The van der Waals surface area contributed by atoms with Crippen molar-refractivity contribution in [3.8, 4) is 0 Å². The van der Waals surface area contributed by atoms with Gasteiger partial charge in [-0.3, -0.25) is 0 Å². The lowest BCUT2D eigenvalue weighted by Crippen LogP contribution is -2.44. The Hall–Kier alpha value is -2.18. The first-order valence-electron chi connectivity index (χ1n) is 8.15. The Morgan fingerprint density at radius 1 is 1.08 bits per heavy atom. The van der Waals surface area contributed by atoms with E-state index in [0.29, 0.717) is 5.71 Å². The van der Waals surface area contributed by atoms with Crippen molar-refractivity contribution in [2.24, 2.45) is 10.5 Å². The molecule has 6 heteroatoms. The van der Waals surface area contributed by atoms with Gasteiger partial charge in [-0.05, 0) is 24.6 Å². The van der Waals surface area contributed by atoms with Crippen LogP contribution in [0.5, 0.6) is 0 Å². The lowest BCUT2D eigenvalue weighted by Gasteiger charge is -2.31. The summed E-state index contributed by atoms with van der Waals surface area (Å²) in [5, 5.41) is 14.3. The molecule has 0 aromatic heterocycles. The maximum absolute atomic E-state index is 13.1. The summed E-state index contributed by atoms with van der Waals surface area (Å²) in [7, 11) is -3.84. The fourth-order valence-electron chi connectivity index (χ4n) is 3.09. The Labute approximate surface area is 148 Å². The summed E-state index contributed by atoms with van der Waals surface area (Å²) in [5.41, 5.74) is 1.87. The highest BCUT2D eigenvalue weighted by Gasteiger charge is 2.48. The Morgan fingerprint density at radius 3 is 2.24 bits per heavy atom. The fraction of sp³-hybridized carbons (Fsp3) is 0.316. The number of rotatable bonds is 4. The molecule has 1 unspecified atom stereocenters. The van der Waals surface area contributed by atoms with Crippen molar-refractivity contribution in [2.75, 3.05) is 6.61 Å². The predicted molar refractivity (Wildman–Crippen MR) is 97.8 cm³/mol. The van der Waals surface area contributed by atoms with Crippen LogP contribution in [0.25, 0.3) is 0 Å². The second-order valence-corrected chi connectivity index (χ2v) is 8.62. The molecule has 132 valence electrons. The van der Waals surface area contributed by atoms with Gasteiger partial charge in [0.2, 0.25) is 0 Å². The highest BCUT2D eigenvalue weighted by molar-refractivity contribution is 7.89. The summed E-state index contributed by atoms with van der Waals surface area (Å²) in [6.07, 6.45) is 0. The standard InChI is InChI=1S/C19H22N2O3S/c1-14-9-11-16(12-10-14)25(23,24)21-17(13-22)19(2,3)18(20-21)15-7-5-4-6-8-15/h4-12,17,22H,13H2,1-3H3. The van der Waals surface area contributed by atoms with E-state index in [2.05, 4.69) is 5.10 Å². The van der Waals surface area contributed by atoms with Gasteiger partial charge in [-0.2, -0.15) is 17.9 Å². The van der Waals surface area contributed by atoms with E-state index in [4.69, 9.17) is 0 Å². The summed E-state index contributed by atoms with van der Waals surface area (Å²) in [6.45, 7) is 5.41. The predicted octanol–water partition coefficient (Wildman–Crippen LogP) is 2.79. The van der Waals surface area contributed by atoms with Crippen LogP contribution in [-0.2, 0) is 10.0 Å². The minimum atomic E-state index is -3.84. The highest BCUT2D eigenvalue weighted by Crippen LogP contribution is 2.39. The number of aliphatic hydroxyl groups is 1. The quantitative estimate of drug-likeness (QED) is 0.914. The summed E-state index contributed by atoms with van der Waals surface area (Å²) in [5.74, 6) is 0. The molecule has 0 amide bonds. The van der Waals surface area contributed by atoms with E-state index in [1.54, 1.807) is 24.3 Å². The fourth-order valence-corrected chi connectivity index (χ4v) is 4.64.